The molecule has 0 bridgehead atoms. The lowest BCUT2D eigenvalue weighted by Crippen LogP contribution is -2.36. The van der Waals surface area contributed by atoms with Gasteiger partial charge in [-0.25, -0.2) is 4.79 Å². The van der Waals surface area contributed by atoms with Crippen LogP contribution in [0.25, 0.3) is 0 Å². The second-order valence-electron chi connectivity index (χ2n) is 6.17. The Morgan fingerprint density at radius 1 is 1.30 bits per heavy atom. The van der Waals surface area contributed by atoms with E-state index in [1.165, 1.54) is 6.07 Å². The lowest BCUT2D eigenvalue weighted by molar-refractivity contribution is -0.130. The number of amides is 2. The number of hydrogen-bond donors (Lipinski definition) is 2. The van der Waals surface area contributed by atoms with Crippen molar-refractivity contribution < 1.29 is 19.5 Å². The summed E-state index contributed by atoms with van der Waals surface area (Å²) >= 11 is 1.16. The average Bonchev–Trinajstić information content (AvgIpc) is 3.24. The summed E-state index contributed by atoms with van der Waals surface area (Å²) < 4.78 is 0. The maximum absolute atomic E-state index is 12.3. The molecule has 2 aliphatic rings. The Bertz CT molecular complexity index is 621. The summed E-state index contributed by atoms with van der Waals surface area (Å²) in [6.07, 6.45) is 4.71. The van der Waals surface area contributed by atoms with Gasteiger partial charge in [0.15, 0.2) is 0 Å². The SMILES string of the molecule is O=C(O)c1ccc(CNC(=O)C2CC(=O)N(C3CCCC3)C2)s1. The third kappa shape index (κ3) is 3.55. The van der Waals surface area contributed by atoms with Crippen LogP contribution in [0.4, 0.5) is 0 Å². The van der Waals surface area contributed by atoms with Gasteiger partial charge >= 0.3 is 5.97 Å². The van der Waals surface area contributed by atoms with Crippen molar-refractivity contribution in [2.45, 2.75) is 44.7 Å². The van der Waals surface area contributed by atoms with E-state index in [4.69, 9.17) is 5.11 Å². The van der Waals surface area contributed by atoms with Crippen molar-refractivity contribution in [2.75, 3.05) is 6.54 Å². The fourth-order valence-electron chi connectivity index (χ4n) is 3.38. The lowest BCUT2D eigenvalue weighted by Gasteiger charge is -2.23. The van der Waals surface area contributed by atoms with Gasteiger partial charge in [0.2, 0.25) is 11.8 Å². The summed E-state index contributed by atoms with van der Waals surface area (Å²) in [7, 11) is 0. The summed E-state index contributed by atoms with van der Waals surface area (Å²) in [5.74, 6) is -1.28. The Kier molecular flexibility index (Phi) is 4.66. The van der Waals surface area contributed by atoms with Gasteiger partial charge in [-0.1, -0.05) is 12.8 Å². The second kappa shape index (κ2) is 6.70. The lowest BCUT2D eigenvalue weighted by atomic mass is 10.1. The number of carboxylic acids is 1. The Morgan fingerprint density at radius 3 is 2.70 bits per heavy atom. The van der Waals surface area contributed by atoms with Crippen molar-refractivity contribution in [3.8, 4) is 0 Å². The van der Waals surface area contributed by atoms with Crippen LogP contribution < -0.4 is 5.32 Å². The van der Waals surface area contributed by atoms with Crippen LogP contribution in [0, 0.1) is 5.92 Å². The van der Waals surface area contributed by atoms with E-state index in [2.05, 4.69) is 5.32 Å². The molecule has 0 aromatic carbocycles. The minimum atomic E-state index is -0.957. The number of nitrogens with one attached hydrogen (secondary N) is 1. The van der Waals surface area contributed by atoms with E-state index in [9.17, 15) is 14.4 Å². The molecule has 2 N–H and O–H groups in total. The predicted molar refractivity (Wildman–Crippen MR) is 85.2 cm³/mol. The van der Waals surface area contributed by atoms with Crippen LogP contribution in [0.3, 0.4) is 0 Å². The minimum absolute atomic E-state index is 0.0846. The van der Waals surface area contributed by atoms with Crippen molar-refractivity contribution in [2.24, 2.45) is 5.92 Å². The molecular formula is C16H20N2O4S. The molecule has 2 amide bonds. The molecule has 1 saturated heterocycles. The molecule has 1 aliphatic heterocycles. The van der Waals surface area contributed by atoms with Crippen LogP contribution in [0.15, 0.2) is 12.1 Å². The normalized spacial score (nSPS) is 21.8. The van der Waals surface area contributed by atoms with Crippen LogP contribution in [0.1, 0.15) is 46.7 Å². The van der Waals surface area contributed by atoms with Gasteiger partial charge in [0.25, 0.3) is 0 Å². The molecule has 2 heterocycles. The Labute approximate surface area is 138 Å². The molecule has 23 heavy (non-hydrogen) atoms. The van der Waals surface area contributed by atoms with E-state index in [0.29, 0.717) is 19.1 Å². The number of carbonyl (C=O) groups is 3. The molecule has 0 radical (unpaired) electrons. The number of nitrogens with zero attached hydrogens (tertiary/aromatic N) is 1. The van der Waals surface area contributed by atoms with Crippen molar-refractivity contribution in [3.63, 3.8) is 0 Å². The molecule has 2 fully saturated rings. The number of thiophene rings is 1. The first-order chi connectivity index (χ1) is 11.0. The van der Waals surface area contributed by atoms with Crippen molar-refractivity contribution in [3.05, 3.63) is 21.9 Å². The maximum atomic E-state index is 12.3. The van der Waals surface area contributed by atoms with Gasteiger partial charge in [-0.15, -0.1) is 11.3 Å². The van der Waals surface area contributed by atoms with E-state index >= 15 is 0 Å². The smallest absolute Gasteiger partial charge is 0.345 e. The first-order valence-electron chi connectivity index (χ1n) is 7.94. The zero-order chi connectivity index (χ0) is 16.4. The van der Waals surface area contributed by atoms with Crippen LogP contribution in [0.5, 0.6) is 0 Å². The average molecular weight is 336 g/mol. The van der Waals surface area contributed by atoms with Crippen LogP contribution in [-0.2, 0) is 16.1 Å². The van der Waals surface area contributed by atoms with Gasteiger partial charge in [-0.3, -0.25) is 9.59 Å². The third-order valence-electron chi connectivity index (χ3n) is 4.60. The summed E-state index contributed by atoms with van der Waals surface area (Å²) in [6, 6.07) is 3.56. The van der Waals surface area contributed by atoms with Crippen molar-refractivity contribution in [1.29, 1.82) is 0 Å². The number of carbonyl (C=O) groups excluding carboxylic acids is 2. The standard InChI is InChI=1S/C16H20N2O4S/c19-14-7-10(9-18(14)11-3-1-2-4-11)15(20)17-8-12-5-6-13(23-12)16(21)22/h5-6,10-11H,1-4,7-9H2,(H,17,20)(H,21,22). The van der Waals surface area contributed by atoms with Gasteiger partial charge in [-0.05, 0) is 25.0 Å². The van der Waals surface area contributed by atoms with E-state index < -0.39 is 5.97 Å². The second-order valence-corrected chi connectivity index (χ2v) is 7.34. The molecule has 1 saturated carbocycles. The van der Waals surface area contributed by atoms with Crippen LogP contribution in [-0.4, -0.2) is 40.4 Å². The summed E-state index contributed by atoms with van der Waals surface area (Å²) in [4.78, 5) is 38.2. The van der Waals surface area contributed by atoms with Gasteiger partial charge in [0, 0.05) is 23.9 Å². The molecule has 1 unspecified atom stereocenters. The van der Waals surface area contributed by atoms with Gasteiger partial charge in [0.1, 0.15) is 4.88 Å². The Morgan fingerprint density at radius 2 is 2.04 bits per heavy atom. The van der Waals surface area contributed by atoms with E-state index in [1.807, 2.05) is 4.90 Å². The predicted octanol–water partition coefficient (Wildman–Crippen LogP) is 1.85. The number of likely N-dealkylation sites (tertiary alicyclic amines) is 1. The Balaban J connectivity index is 1.52. The minimum Gasteiger partial charge on any atom is -0.477 e. The quantitative estimate of drug-likeness (QED) is 0.859. The number of rotatable bonds is 5. The van der Waals surface area contributed by atoms with Crippen molar-refractivity contribution in [1.82, 2.24) is 10.2 Å². The molecule has 1 aromatic rings. The molecule has 7 heteroatoms. The van der Waals surface area contributed by atoms with Crippen LogP contribution >= 0.6 is 11.3 Å². The van der Waals surface area contributed by atoms with Crippen LogP contribution in [0.2, 0.25) is 0 Å². The highest BCUT2D eigenvalue weighted by Crippen LogP contribution is 2.29. The third-order valence-corrected chi connectivity index (χ3v) is 5.68. The molecule has 1 atom stereocenters. The number of carboxylic acid groups (broad SMARTS) is 1. The molecular weight excluding hydrogens is 316 g/mol. The molecule has 124 valence electrons. The monoisotopic (exact) mass is 336 g/mol. The molecule has 6 nitrogen and oxygen atoms in total. The van der Waals surface area contributed by atoms with Gasteiger partial charge in [-0.2, -0.15) is 0 Å². The number of hydrogen-bond acceptors (Lipinski definition) is 4. The molecule has 0 spiro atoms. The highest BCUT2D eigenvalue weighted by Gasteiger charge is 2.38. The van der Waals surface area contributed by atoms with E-state index in [1.54, 1.807) is 6.07 Å². The summed E-state index contributed by atoms with van der Waals surface area (Å²) in [5.41, 5.74) is 0. The highest BCUT2D eigenvalue weighted by atomic mass is 32.1. The van der Waals surface area contributed by atoms with Gasteiger partial charge in [0.05, 0.1) is 12.5 Å². The fourth-order valence-corrected chi connectivity index (χ4v) is 4.17. The van der Waals surface area contributed by atoms with Gasteiger partial charge < -0.3 is 15.3 Å². The summed E-state index contributed by atoms with van der Waals surface area (Å²) in [6.45, 7) is 0.824. The highest BCUT2D eigenvalue weighted by molar-refractivity contribution is 7.13. The molecule has 3 rings (SSSR count). The topological polar surface area (TPSA) is 86.7 Å². The maximum Gasteiger partial charge on any atom is 0.345 e. The largest absolute Gasteiger partial charge is 0.477 e. The Hall–Kier alpha value is -1.89. The summed E-state index contributed by atoms with van der Waals surface area (Å²) in [5, 5.41) is 11.7. The fraction of sp³-hybridized carbons (Fsp3) is 0.562. The van der Waals surface area contributed by atoms with E-state index in [-0.39, 0.29) is 29.0 Å². The zero-order valence-corrected chi connectivity index (χ0v) is 13.6. The number of aromatic carboxylic acids is 1. The zero-order valence-electron chi connectivity index (χ0n) is 12.8. The first-order valence-corrected chi connectivity index (χ1v) is 8.75. The first kappa shape index (κ1) is 16.0. The molecule has 1 aliphatic carbocycles. The molecule has 1 aromatic heterocycles. The van der Waals surface area contributed by atoms with Crippen molar-refractivity contribution >= 4 is 29.1 Å². The van der Waals surface area contributed by atoms with E-state index in [0.717, 1.165) is 41.9 Å².